The zero-order chi connectivity index (χ0) is 14.4. The lowest BCUT2D eigenvalue weighted by molar-refractivity contribution is 0.414. The summed E-state index contributed by atoms with van der Waals surface area (Å²) < 4.78 is 5.17. The van der Waals surface area contributed by atoms with Crippen molar-refractivity contribution in [1.29, 1.82) is 0 Å². The smallest absolute Gasteiger partial charge is 0.129 e. The van der Waals surface area contributed by atoms with Gasteiger partial charge in [-0.15, -0.1) is 0 Å². The van der Waals surface area contributed by atoms with Gasteiger partial charge in [0, 0.05) is 18.3 Å². The number of nitrogens with one attached hydrogen (secondary N) is 1. The molecule has 0 saturated heterocycles. The highest BCUT2D eigenvalue weighted by atomic mass is 16.5. The molecule has 1 heterocycles. The lowest BCUT2D eigenvalue weighted by atomic mass is 9.98. The van der Waals surface area contributed by atoms with E-state index in [2.05, 4.69) is 34.3 Å². The van der Waals surface area contributed by atoms with Crippen molar-refractivity contribution in [3.63, 3.8) is 0 Å². The molecule has 1 N–H and O–H groups in total. The average molecular weight is 271 g/mol. The maximum atomic E-state index is 5.17. The Hall–Kier alpha value is -2.10. The van der Waals surface area contributed by atoms with Gasteiger partial charge >= 0.3 is 0 Å². The maximum Gasteiger partial charge on any atom is 0.129 e. The molecule has 0 aliphatic heterocycles. The molecular formula is C16H21N3O. The van der Waals surface area contributed by atoms with E-state index in [0.29, 0.717) is 5.92 Å². The minimum Gasteiger partial charge on any atom is -0.497 e. The highest BCUT2D eigenvalue weighted by Crippen LogP contribution is 2.21. The Balaban J connectivity index is 1.83. The van der Waals surface area contributed by atoms with Gasteiger partial charge in [0.05, 0.1) is 7.11 Å². The van der Waals surface area contributed by atoms with E-state index in [9.17, 15) is 0 Å². The monoisotopic (exact) mass is 271 g/mol. The molecule has 0 saturated carbocycles. The Morgan fingerprint density at radius 2 is 1.95 bits per heavy atom. The second-order valence-corrected chi connectivity index (χ2v) is 4.93. The van der Waals surface area contributed by atoms with Crippen LogP contribution in [0.3, 0.4) is 0 Å². The highest BCUT2D eigenvalue weighted by molar-refractivity contribution is 5.34. The summed E-state index contributed by atoms with van der Waals surface area (Å²) in [5.74, 6) is 2.28. The van der Waals surface area contributed by atoms with E-state index < -0.39 is 0 Å². The number of rotatable bonds is 6. The lowest BCUT2D eigenvalue weighted by Crippen LogP contribution is -2.07. The van der Waals surface area contributed by atoms with Gasteiger partial charge in [-0.2, -0.15) is 0 Å². The molecule has 1 atom stereocenters. The third-order valence-corrected chi connectivity index (χ3v) is 3.37. The molecule has 0 amide bonds. The molecule has 0 aliphatic rings. The lowest BCUT2D eigenvalue weighted by Gasteiger charge is -2.13. The summed E-state index contributed by atoms with van der Waals surface area (Å²) in [7, 11) is 1.69. The van der Waals surface area contributed by atoms with Crippen molar-refractivity contribution in [2.75, 3.05) is 19.0 Å². The van der Waals surface area contributed by atoms with E-state index in [1.54, 1.807) is 13.4 Å². The number of aryl methyl sites for hydroxylation is 1. The van der Waals surface area contributed by atoms with Gasteiger partial charge in [0.1, 0.15) is 17.9 Å². The van der Waals surface area contributed by atoms with Crippen LogP contribution in [0.4, 0.5) is 5.82 Å². The molecule has 106 valence electrons. The summed E-state index contributed by atoms with van der Waals surface area (Å²) in [6.45, 7) is 5.09. The third-order valence-electron chi connectivity index (χ3n) is 3.37. The van der Waals surface area contributed by atoms with Crippen LogP contribution in [0.2, 0.25) is 0 Å². The minimum atomic E-state index is 0.497. The summed E-state index contributed by atoms with van der Waals surface area (Å²) >= 11 is 0. The van der Waals surface area contributed by atoms with E-state index in [1.165, 1.54) is 5.56 Å². The van der Waals surface area contributed by atoms with Crippen LogP contribution in [-0.4, -0.2) is 23.6 Å². The van der Waals surface area contributed by atoms with Gasteiger partial charge in [-0.05, 0) is 37.0 Å². The van der Waals surface area contributed by atoms with E-state index in [4.69, 9.17) is 4.74 Å². The number of methoxy groups -OCH3 is 1. The van der Waals surface area contributed by atoms with Crippen molar-refractivity contribution in [3.8, 4) is 5.75 Å². The van der Waals surface area contributed by atoms with Crippen LogP contribution in [0.25, 0.3) is 0 Å². The first-order chi connectivity index (χ1) is 9.69. The number of hydrogen-bond acceptors (Lipinski definition) is 4. The molecule has 0 fully saturated rings. The van der Waals surface area contributed by atoms with Crippen LogP contribution >= 0.6 is 0 Å². The van der Waals surface area contributed by atoms with Crippen LogP contribution in [0.5, 0.6) is 5.75 Å². The molecule has 2 rings (SSSR count). The molecule has 20 heavy (non-hydrogen) atoms. The van der Waals surface area contributed by atoms with Gasteiger partial charge in [-0.3, -0.25) is 0 Å². The fourth-order valence-corrected chi connectivity index (χ4v) is 2.07. The SMILES string of the molecule is COc1ccc(C(C)CCNc2cc(C)ncn2)cc1. The summed E-state index contributed by atoms with van der Waals surface area (Å²) in [6, 6.07) is 10.2. The predicted octanol–water partition coefficient (Wildman–Crippen LogP) is 3.40. The van der Waals surface area contributed by atoms with Crippen LogP contribution < -0.4 is 10.1 Å². The Kier molecular flexibility index (Phi) is 4.93. The largest absolute Gasteiger partial charge is 0.497 e. The zero-order valence-corrected chi connectivity index (χ0v) is 12.3. The number of benzene rings is 1. The quantitative estimate of drug-likeness (QED) is 0.874. The average Bonchev–Trinajstić information content (AvgIpc) is 2.47. The molecule has 1 unspecified atom stereocenters. The first kappa shape index (κ1) is 14.3. The van der Waals surface area contributed by atoms with Crippen molar-refractivity contribution < 1.29 is 4.74 Å². The number of hydrogen-bond donors (Lipinski definition) is 1. The Bertz CT molecular complexity index is 540. The first-order valence-electron chi connectivity index (χ1n) is 6.85. The molecule has 1 aromatic carbocycles. The number of ether oxygens (including phenoxy) is 1. The summed E-state index contributed by atoms with van der Waals surface area (Å²) in [5, 5.41) is 3.33. The first-order valence-corrected chi connectivity index (χ1v) is 6.85. The fourth-order valence-electron chi connectivity index (χ4n) is 2.07. The molecular weight excluding hydrogens is 250 g/mol. The summed E-state index contributed by atoms with van der Waals surface area (Å²) in [5.41, 5.74) is 2.30. The number of nitrogens with zero attached hydrogens (tertiary/aromatic N) is 2. The standard InChI is InChI=1S/C16H21N3O/c1-12(14-4-6-15(20-3)7-5-14)8-9-17-16-10-13(2)18-11-19-16/h4-7,10-12H,8-9H2,1-3H3,(H,17,18,19). The molecule has 0 radical (unpaired) electrons. The molecule has 4 nitrogen and oxygen atoms in total. The van der Waals surface area contributed by atoms with E-state index in [1.807, 2.05) is 25.1 Å². The van der Waals surface area contributed by atoms with Crippen molar-refractivity contribution in [2.24, 2.45) is 0 Å². The maximum absolute atomic E-state index is 5.17. The Labute approximate surface area is 120 Å². The topological polar surface area (TPSA) is 47.0 Å². The van der Waals surface area contributed by atoms with Crippen molar-refractivity contribution in [1.82, 2.24) is 9.97 Å². The Morgan fingerprint density at radius 1 is 1.20 bits per heavy atom. The van der Waals surface area contributed by atoms with Gasteiger partial charge in [0.25, 0.3) is 0 Å². The molecule has 2 aromatic rings. The molecule has 0 bridgehead atoms. The van der Waals surface area contributed by atoms with Gasteiger partial charge < -0.3 is 10.1 Å². The minimum absolute atomic E-state index is 0.497. The van der Waals surface area contributed by atoms with Crippen molar-refractivity contribution in [2.45, 2.75) is 26.2 Å². The Morgan fingerprint density at radius 3 is 2.60 bits per heavy atom. The van der Waals surface area contributed by atoms with Crippen LogP contribution in [-0.2, 0) is 0 Å². The van der Waals surface area contributed by atoms with Gasteiger partial charge in [0.15, 0.2) is 0 Å². The van der Waals surface area contributed by atoms with E-state index >= 15 is 0 Å². The third kappa shape index (κ3) is 3.95. The fraction of sp³-hybridized carbons (Fsp3) is 0.375. The highest BCUT2D eigenvalue weighted by Gasteiger charge is 2.05. The normalized spacial score (nSPS) is 11.9. The summed E-state index contributed by atoms with van der Waals surface area (Å²) in [4.78, 5) is 8.28. The second-order valence-electron chi connectivity index (χ2n) is 4.93. The van der Waals surface area contributed by atoms with Crippen molar-refractivity contribution >= 4 is 5.82 Å². The zero-order valence-electron chi connectivity index (χ0n) is 12.3. The molecule has 4 heteroatoms. The van der Waals surface area contributed by atoms with E-state index in [-0.39, 0.29) is 0 Å². The molecule has 0 spiro atoms. The van der Waals surface area contributed by atoms with Crippen LogP contribution in [0.15, 0.2) is 36.7 Å². The van der Waals surface area contributed by atoms with Gasteiger partial charge in [0.2, 0.25) is 0 Å². The van der Waals surface area contributed by atoms with Gasteiger partial charge in [-0.1, -0.05) is 19.1 Å². The van der Waals surface area contributed by atoms with Gasteiger partial charge in [-0.25, -0.2) is 9.97 Å². The van der Waals surface area contributed by atoms with Crippen LogP contribution in [0, 0.1) is 6.92 Å². The van der Waals surface area contributed by atoms with Crippen LogP contribution in [0.1, 0.15) is 30.5 Å². The summed E-state index contributed by atoms with van der Waals surface area (Å²) in [6.07, 6.45) is 2.64. The molecule has 0 aliphatic carbocycles. The van der Waals surface area contributed by atoms with E-state index in [0.717, 1.165) is 30.2 Å². The number of aromatic nitrogens is 2. The molecule has 1 aromatic heterocycles. The number of anilines is 1. The second kappa shape index (κ2) is 6.89. The predicted molar refractivity (Wildman–Crippen MR) is 81.3 cm³/mol. The van der Waals surface area contributed by atoms with Crippen molar-refractivity contribution in [3.05, 3.63) is 47.9 Å².